The molecule has 0 unspecified atom stereocenters. The van der Waals surface area contributed by atoms with E-state index in [9.17, 15) is 0 Å². The van der Waals surface area contributed by atoms with Crippen molar-refractivity contribution in [1.29, 1.82) is 0 Å². The van der Waals surface area contributed by atoms with E-state index < -0.39 is 0 Å². The summed E-state index contributed by atoms with van der Waals surface area (Å²) in [6.07, 6.45) is 0. The van der Waals surface area contributed by atoms with Gasteiger partial charge in [0, 0.05) is 24.3 Å². The minimum absolute atomic E-state index is 0.178. The van der Waals surface area contributed by atoms with Crippen molar-refractivity contribution in [2.75, 3.05) is 24.6 Å². The number of para-hydroxylation sites is 1. The number of aliphatic hydroxyl groups is 1. The number of rotatable bonds is 5. The molecular weight excluding hydrogens is 222 g/mol. The van der Waals surface area contributed by atoms with E-state index in [-0.39, 0.29) is 6.61 Å². The SMILES string of the molecule is CCN(CCO)c1ccccc1-c1ccccc1. The Bertz CT molecular complexity index is 481. The highest BCUT2D eigenvalue weighted by molar-refractivity contribution is 5.78. The van der Waals surface area contributed by atoms with Crippen molar-refractivity contribution < 1.29 is 5.11 Å². The highest BCUT2D eigenvalue weighted by atomic mass is 16.3. The molecule has 0 radical (unpaired) electrons. The van der Waals surface area contributed by atoms with Crippen LogP contribution in [0.4, 0.5) is 5.69 Å². The Morgan fingerprint density at radius 3 is 2.28 bits per heavy atom. The molecule has 0 saturated carbocycles. The molecule has 0 bridgehead atoms. The van der Waals surface area contributed by atoms with Gasteiger partial charge in [-0.05, 0) is 18.6 Å². The minimum Gasteiger partial charge on any atom is -0.395 e. The van der Waals surface area contributed by atoms with Crippen molar-refractivity contribution in [2.45, 2.75) is 6.92 Å². The Hall–Kier alpha value is -1.80. The van der Waals surface area contributed by atoms with Crippen LogP contribution in [0, 0.1) is 0 Å². The van der Waals surface area contributed by atoms with Crippen LogP contribution in [0.3, 0.4) is 0 Å². The largest absolute Gasteiger partial charge is 0.395 e. The fourth-order valence-electron chi connectivity index (χ4n) is 2.18. The number of nitrogens with zero attached hydrogens (tertiary/aromatic N) is 1. The van der Waals surface area contributed by atoms with E-state index in [1.807, 2.05) is 12.1 Å². The maximum absolute atomic E-state index is 9.15. The number of anilines is 1. The third-order valence-electron chi connectivity index (χ3n) is 3.08. The fourth-order valence-corrected chi connectivity index (χ4v) is 2.18. The Labute approximate surface area is 109 Å². The Morgan fingerprint density at radius 2 is 1.61 bits per heavy atom. The molecule has 0 atom stereocenters. The second-order valence-electron chi connectivity index (χ2n) is 4.19. The van der Waals surface area contributed by atoms with Crippen LogP contribution < -0.4 is 4.90 Å². The predicted octanol–water partition coefficient (Wildman–Crippen LogP) is 3.17. The Balaban J connectivity index is 2.42. The quantitative estimate of drug-likeness (QED) is 0.869. The van der Waals surface area contributed by atoms with E-state index in [0.29, 0.717) is 6.54 Å². The molecule has 0 aliphatic heterocycles. The lowest BCUT2D eigenvalue weighted by Crippen LogP contribution is -2.26. The van der Waals surface area contributed by atoms with Gasteiger partial charge in [-0.1, -0.05) is 48.5 Å². The third-order valence-corrected chi connectivity index (χ3v) is 3.08. The molecule has 0 aliphatic carbocycles. The van der Waals surface area contributed by atoms with Crippen molar-refractivity contribution in [3.63, 3.8) is 0 Å². The molecule has 94 valence electrons. The van der Waals surface area contributed by atoms with Crippen molar-refractivity contribution in [3.8, 4) is 11.1 Å². The molecule has 2 aromatic carbocycles. The molecule has 18 heavy (non-hydrogen) atoms. The molecule has 2 aromatic rings. The molecule has 0 fully saturated rings. The van der Waals surface area contributed by atoms with Crippen LogP contribution in [0.15, 0.2) is 54.6 Å². The zero-order valence-corrected chi connectivity index (χ0v) is 10.7. The Morgan fingerprint density at radius 1 is 0.944 bits per heavy atom. The second kappa shape index (κ2) is 6.22. The molecule has 2 nitrogen and oxygen atoms in total. The van der Waals surface area contributed by atoms with Crippen LogP contribution in [-0.4, -0.2) is 24.8 Å². The zero-order chi connectivity index (χ0) is 12.8. The summed E-state index contributed by atoms with van der Waals surface area (Å²) >= 11 is 0. The topological polar surface area (TPSA) is 23.5 Å². The lowest BCUT2D eigenvalue weighted by atomic mass is 10.0. The number of hydrogen-bond donors (Lipinski definition) is 1. The van der Waals surface area contributed by atoms with Crippen LogP contribution in [0.25, 0.3) is 11.1 Å². The summed E-state index contributed by atoms with van der Waals surface area (Å²) in [6, 6.07) is 18.7. The van der Waals surface area contributed by atoms with Gasteiger partial charge in [-0.3, -0.25) is 0 Å². The first-order chi connectivity index (χ1) is 8.86. The lowest BCUT2D eigenvalue weighted by molar-refractivity contribution is 0.302. The van der Waals surface area contributed by atoms with Gasteiger partial charge < -0.3 is 10.0 Å². The van der Waals surface area contributed by atoms with Gasteiger partial charge in [-0.25, -0.2) is 0 Å². The first kappa shape index (κ1) is 12.7. The van der Waals surface area contributed by atoms with Crippen molar-refractivity contribution in [1.82, 2.24) is 0 Å². The maximum Gasteiger partial charge on any atom is 0.0606 e. The normalized spacial score (nSPS) is 10.3. The number of aliphatic hydroxyl groups excluding tert-OH is 1. The van der Waals surface area contributed by atoms with Gasteiger partial charge >= 0.3 is 0 Å². The molecule has 2 rings (SSSR count). The standard InChI is InChI=1S/C16H19NO/c1-2-17(12-13-18)16-11-7-6-10-15(16)14-8-4-3-5-9-14/h3-11,18H,2,12-13H2,1H3. The summed E-state index contributed by atoms with van der Waals surface area (Å²) in [7, 11) is 0. The van der Waals surface area contributed by atoms with Gasteiger partial charge in [-0.15, -0.1) is 0 Å². The van der Waals surface area contributed by atoms with Crippen molar-refractivity contribution >= 4 is 5.69 Å². The van der Waals surface area contributed by atoms with Gasteiger partial charge in [0.2, 0.25) is 0 Å². The van der Waals surface area contributed by atoms with Gasteiger partial charge in [-0.2, -0.15) is 0 Å². The van der Waals surface area contributed by atoms with Crippen LogP contribution in [0.1, 0.15) is 6.92 Å². The van der Waals surface area contributed by atoms with Gasteiger partial charge in [0.15, 0.2) is 0 Å². The monoisotopic (exact) mass is 241 g/mol. The molecule has 0 saturated heterocycles. The van der Waals surface area contributed by atoms with Crippen LogP contribution in [-0.2, 0) is 0 Å². The average Bonchev–Trinajstić information content (AvgIpc) is 2.46. The highest BCUT2D eigenvalue weighted by Gasteiger charge is 2.09. The molecule has 0 aromatic heterocycles. The fraction of sp³-hybridized carbons (Fsp3) is 0.250. The van der Waals surface area contributed by atoms with Crippen LogP contribution in [0.2, 0.25) is 0 Å². The minimum atomic E-state index is 0.178. The number of benzene rings is 2. The van der Waals surface area contributed by atoms with E-state index in [2.05, 4.69) is 54.3 Å². The zero-order valence-electron chi connectivity index (χ0n) is 10.7. The predicted molar refractivity (Wildman–Crippen MR) is 76.9 cm³/mol. The third kappa shape index (κ3) is 2.71. The maximum atomic E-state index is 9.15. The molecule has 0 aliphatic rings. The highest BCUT2D eigenvalue weighted by Crippen LogP contribution is 2.30. The van der Waals surface area contributed by atoms with E-state index >= 15 is 0 Å². The summed E-state index contributed by atoms with van der Waals surface area (Å²) < 4.78 is 0. The van der Waals surface area contributed by atoms with Crippen molar-refractivity contribution in [2.24, 2.45) is 0 Å². The number of hydrogen-bond acceptors (Lipinski definition) is 2. The molecule has 0 heterocycles. The summed E-state index contributed by atoms with van der Waals surface area (Å²) in [5, 5.41) is 9.15. The second-order valence-corrected chi connectivity index (χ2v) is 4.19. The van der Waals surface area contributed by atoms with Crippen LogP contribution >= 0.6 is 0 Å². The van der Waals surface area contributed by atoms with Crippen molar-refractivity contribution in [3.05, 3.63) is 54.6 Å². The summed E-state index contributed by atoms with van der Waals surface area (Å²) in [4.78, 5) is 2.20. The van der Waals surface area contributed by atoms with Gasteiger partial charge in [0.25, 0.3) is 0 Å². The summed E-state index contributed by atoms with van der Waals surface area (Å²) in [5.41, 5.74) is 3.61. The molecule has 1 N–H and O–H groups in total. The van der Waals surface area contributed by atoms with E-state index in [1.165, 1.54) is 16.8 Å². The average molecular weight is 241 g/mol. The van der Waals surface area contributed by atoms with Gasteiger partial charge in [0.05, 0.1) is 6.61 Å². The molecule has 2 heteroatoms. The molecule has 0 amide bonds. The first-order valence-electron chi connectivity index (χ1n) is 6.37. The van der Waals surface area contributed by atoms with E-state index in [4.69, 9.17) is 5.11 Å². The summed E-state index contributed by atoms with van der Waals surface area (Å²) in [6.45, 7) is 3.85. The van der Waals surface area contributed by atoms with Crippen LogP contribution in [0.5, 0.6) is 0 Å². The lowest BCUT2D eigenvalue weighted by Gasteiger charge is -2.25. The summed E-state index contributed by atoms with van der Waals surface area (Å²) in [5.74, 6) is 0. The number of likely N-dealkylation sites (N-methyl/N-ethyl adjacent to an activating group) is 1. The Kier molecular flexibility index (Phi) is 4.37. The molecular formula is C16H19NO. The van der Waals surface area contributed by atoms with E-state index in [1.54, 1.807) is 0 Å². The first-order valence-corrected chi connectivity index (χ1v) is 6.37. The molecule has 0 spiro atoms. The smallest absolute Gasteiger partial charge is 0.0606 e. The van der Waals surface area contributed by atoms with E-state index in [0.717, 1.165) is 6.54 Å². The van der Waals surface area contributed by atoms with Gasteiger partial charge in [0.1, 0.15) is 0 Å².